The van der Waals surface area contributed by atoms with Crippen molar-refractivity contribution in [2.45, 2.75) is 19.8 Å². The molecule has 9 heteroatoms. The lowest BCUT2D eigenvalue weighted by Crippen LogP contribution is -2.29. The molecule has 2 amide bonds. The van der Waals surface area contributed by atoms with Gasteiger partial charge in [0.1, 0.15) is 0 Å². The van der Waals surface area contributed by atoms with Gasteiger partial charge in [-0.3, -0.25) is 14.5 Å². The third-order valence-corrected chi connectivity index (χ3v) is 6.38. The van der Waals surface area contributed by atoms with E-state index >= 15 is 0 Å². The van der Waals surface area contributed by atoms with Crippen molar-refractivity contribution in [1.29, 1.82) is 0 Å². The number of amides is 2. The number of ether oxygens (including phenoxy) is 3. The minimum Gasteiger partial charge on any atom is -0.490 e. The van der Waals surface area contributed by atoms with Crippen molar-refractivity contribution in [3.63, 3.8) is 0 Å². The van der Waals surface area contributed by atoms with Crippen molar-refractivity contribution in [3.8, 4) is 11.5 Å². The van der Waals surface area contributed by atoms with E-state index in [0.717, 1.165) is 18.2 Å². The second kappa shape index (κ2) is 11.9. The van der Waals surface area contributed by atoms with Gasteiger partial charge in [0.2, 0.25) is 0 Å². The van der Waals surface area contributed by atoms with Crippen LogP contribution >= 0.6 is 27.7 Å². The summed E-state index contributed by atoms with van der Waals surface area (Å²) in [5.41, 5.74) is 1.82. The van der Waals surface area contributed by atoms with Gasteiger partial charge in [-0.05, 0) is 60.9 Å². The van der Waals surface area contributed by atoms with Crippen molar-refractivity contribution in [1.82, 2.24) is 4.90 Å². The number of hydrogen-bond donors (Lipinski definition) is 0. The van der Waals surface area contributed by atoms with Crippen LogP contribution in [0.2, 0.25) is 0 Å². The van der Waals surface area contributed by atoms with E-state index in [4.69, 9.17) is 9.47 Å². The Hall–Kier alpha value is -2.78. The summed E-state index contributed by atoms with van der Waals surface area (Å²) in [6.45, 7) is 2.31. The highest BCUT2D eigenvalue weighted by Crippen LogP contribution is 2.38. The number of esters is 1. The number of imide groups is 1. The zero-order valence-electron chi connectivity index (χ0n) is 18.3. The van der Waals surface area contributed by atoms with Crippen molar-refractivity contribution in [2.24, 2.45) is 0 Å². The van der Waals surface area contributed by atoms with Crippen LogP contribution in [0.5, 0.6) is 11.5 Å². The topological polar surface area (TPSA) is 82.1 Å². The fourth-order valence-electron chi connectivity index (χ4n) is 3.16. The molecule has 0 radical (unpaired) electrons. The van der Waals surface area contributed by atoms with E-state index in [2.05, 4.69) is 20.7 Å². The summed E-state index contributed by atoms with van der Waals surface area (Å²) in [5.74, 6) is -0.0502. The average Bonchev–Trinajstić information content (AvgIpc) is 3.08. The van der Waals surface area contributed by atoms with Crippen molar-refractivity contribution < 1.29 is 28.6 Å². The molecule has 0 atom stereocenters. The summed E-state index contributed by atoms with van der Waals surface area (Å²) < 4.78 is 16.4. The zero-order valence-corrected chi connectivity index (χ0v) is 20.7. The molecule has 0 saturated carbocycles. The van der Waals surface area contributed by atoms with Crippen LogP contribution in [0.4, 0.5) is 4.79 Å². The third kappa shape index (κ3) is 6.61. The second-order valence-corrected chi connectivity index (χ2v) is 8.89. The van der Waals surface area contributed by atoms with E-state index in [0.29, 0.717) is 46.0 Å². The summed E-state index contributed by atoms with van der Waals surface area (Å²) in [6.07, 6.45) is 3.14. The molecule has 0 aromatic heterocycles. The molecule has 0 spiro atoms. The molecule has 174 valence electrons. The summed E-state index contributed by atoms with van der Waals surface area (Å²) in [7, 11) is 1.28. The molecule has 1 saturated heterocycles. The molecule has 2 aromatic carbocycles. The maximum atomic E-state index is 12.9. The summed E-state index contributed by atoms with van der Waals surface area (Å²) in [4.78, 5) is 38.3. The first-order valence-electron chi connectivity index (χ1n) is 10.4. The summed E-state index contributed by atoms with van der Waals surface area (Å²) in [5, 5.41) is -0.279. The Kier molecular flexibility index (Phi) is 8.96. The normalized spacial score (nSPS) is 14.6. The van der Waals surface area contributed by atoms with Crippen molar-refractivity contribution in [3.05, 3.63) is 63.0 Å². The second-order valence-electron chi connectivity index (χ2n) is 7.04. The van der Waals surface area contributed by atoms with Crippen LogP contribution in [0.3, 0.4) is 0 Å². The first-order chi connectivity index (χ1) is 15.9. The van der Waals surface area contributed by atoms with Crippen LogP contribution in [0.1, 0.15) is 24.5 Å². The SMILES string of the molecule is CCOc1cc(/C=C2/SC(=O)N(CCCc3ccccc3)C2=O)c(Br)cc1OCC(=O)OC. The number of halogens is 1. The molecule has 1 aliphatic heterocycles. The Bertz CT molecular complexity index is 1060. The monoisotopic (exact) mass is 533 g/mol. The van der Waals surface area contributed by atoms with Crippen LogP contribution in [0.25, 0.3) is 6.08 Å². The van der Waals surface area contributed by atoms with Gasteiger partial charge in [0.05, 0.1) is 18.6 Å². The standard InChI is InChI=1S/C24H24BrNO6S/c1-3-31-19-12-17(18(25)14-20(19)32-15-22(27)30-2)13-21-23(28)26(24(29)33-21)11-7-10-16-8-5-4-6-9-16/h4-6,8-9,12-14H,3,7,10-11,15H2,1-2H3/b21-13+. The first-order valence-corrected chi connectivity index (χ1v) is 12.0. The molecule has 1 fully saturated rings. The van der Waals surface area contributed by atoms with Crippen LogP contribution in [0, 0.1) is 0 Å². The Morgan fingerprint density at radius 3 is 2.55 bits per heavy atom. The fraction of sp³-hybridized carbons (Fsp3) is 0.292. The molecule has 1 heterocycles. The molecule has 0 bridgehead atoms. The minimum atomic E-state index is -0.515. The van der Waals surface area contributed by atoms with Crippen LogP contribution < -0.4 is 9.47 Å². The largest absolute Gasteiger partial charge is 0.490 e. The Morgan fingerprint density at radius 1 is 1.12 bits per heavy atom. The summed E-state index contributed by atoms with van der Waals surface area (Å²) >= 11 is 4.38. The highest BCUT2D eigenvalue weighted by atomic mass is 79.9. The van der Waals surface area contributed by atoms with Gasteiger partial charge >= 0.3 is 5.97 Å². The van der Waals surface area contributed by atoms with Crippen molar-refractivity contribution >= 4 is 50.9 Å². The molecular weight excluding hydrogens is 510 g/mol. The highest BCUT2D eigenvalue weighted by Gasteiger charge is 2.34. The van der Waals surface area contributed by atoms with E-state index in [1.165, 1.54) is 17.6 Å². The number of carbonyl (C=O) groups excluding carboxylic acids is 3. The predicted octanol–water partition coefficient (Wildman–Crippen LogP) is 5.07. The average molecular weight is 534 g/mol. The smallest absolute Gasteiger partial charge is 0.343 e. The molecule has 3 rings (SSSR count). The Balaban J connectivity index is 1.73. The lowest BCUT2D eigenvalue weighted by molar-refractivity contribution is -0.143. The van der Waals surface area contributed by atoms with E-state index in [1.807, 2.05) is 37.3 Å². The molecule has 33 heavy (non-hydrogen) atoms. The Labute approximate surface area is 205 Å². The van der Waals surface area contributed by atoms with E-state index < -0.39 is 5.97 Å². The van der Waals surface area contributed by atoms with E-state index in [-0.39, 0.29) is 17.8 Å². The maximum absolute atomic E-state index is 12.9. The molecule has 0 aliphatic carbocycles. The van der Waals surface area contributed by atoms with Gasteiger partial charge in [-0.1, -0.05) is 46.3 Å². The van der Waals surface area contributed by atoms with Gasteiger partial charge < -0.3 is 14.2 Å². The number of rotatable bonds is 10. The quantitative estimate of drug-likeness (QED) is 0.311. The first kappa shape index (κ1) is 24.9. The van der Waals surface area contributed by atoms with Gasteiger partial charge in [0.25, 0.3) is 11.1 Å². The van der Waals surface area contributed by atoms with Gasteiger partial charge in [0.15, 0.2) is 18.1 Å². The van der Waals surface area contributed by atoms with Gasteiger partial charge in [0, 0.05) is 11.0 Å². The lowest BCUT2D eigenvalue weighted by atomic mass is 10.1. The van der Waals surface area contributed by atoms with Gasteiger partial charge in [-0.15, -0.1) is 0 Å². The van der Waals surface area contributed by atoms with Crippen molar-refractivity contribution in [2.75, 3.05) is 26.9 Å². The molecule has 7 nitrogen and oxygen atoms in total. The summed E-state index contributed by atoms with van der Waals surface area (Å²) in [6, 6.07) is 13.3. The molecular formula is C24H24BrNO6S. The maximum Gasteiger partial charge on any atom is 0.343 e. The van der Waals surface area contributed by atoms with Crippen LogP contribution in [-0.2, 0) is 20.7 Å². The number of thioether (sulfide) groups is 1. The number of aryl methyl sites for hydroxylation is 1. The molecule has 2 aromatic rings. The molecule has 0 N–H and O–H groups in total. The Morgan fingerprint density at radius 2 is 1.85 bits per heavy atom. The third-order valence-electron chi connectivity index (χ3n) is 4.79. The fourth-order valence-corrected chi connectivity index (χ4v) is 4.45. The van der Waals surface area contributed by atoms with Crippen LogP contribution in [-0.4, -0.2) is 48.9 Å². The molecule has 0 unspecified atom stereocenters. The number of benzene rings is 2. The number of methoxy groups -OCH3 is 1. The van der Waals surface area contributed by atoms with Crippen LogP contribution in [0.15, 0.2) is 51.8 Å². The predicted molar refractivity (Wildman–Crippen MR) is 130 cm³/mol. The van der Waals surface area contributed by atoms with E-state index in [9.17, 15) is 14.4 Å². The lowest BCUT2D eigenvalue weighted by Gasteiger charge is -2.14. The number of carbonyl (C=O) groups is 3. The van der Waals surface area contributed by atoms with Gasteiger partial charge in [-0.2, -0.15) is 0 Å². The number of nitrogens with zero attached hydrogens (tertiary/aromatic N) is 1. The zero-order chi connectivity index (χ0) is 23.8. The van der Waals surface area contributed by atoms with Gasteiger partial charge in [-0.25, -0.2) is 4.79 Å². The number of hydrogen-bond acceptors (Lipinski definition) is 7. The minimum absolute atomic E-state index is 0.260. The highest BCUT2D eigenvalue weighted by molar-refractivity contribution is 9.10. The van der Waals surface area contributed by atoms with E-state index in [1.54, 1.807) is 18.2 Å². The molecule has 1 aliphatic rings.